The number of hydrogen-bond donors (Lipinski definition) is 1. The van der Waals surface area contributed by atoms with Crippen LogP contribution in [0.5, 0.6) is 0 Å². The van der Waals surface area contributed by atoms with Crippen molar-refractivity contribution in [2.45, 2.75) is 49.7 Å². The van der Waals surface area contributed by atoms with Crippen molar-refractivity contribution in [1.29, 1.82) is 0 Å². The molecule has 196 valence electrons. The zero-order valence-corrected chi connectivity index (χ0v) is 20.4. The summed E-state index contributed by atoms with van der Waals surface area (Å²) >= 11 is 3.30. The lowest BCUT2D eigenvalue weighted by molar-refractivity contribution is -0.142. The second-order valence-corrected chi connectivity index (χ2v) is 10.2. The van der Waals surface area contributed by atoms with Crippen LogP contribution in [0, 0.1) is 17.6 Å². The van der Waals surface area contributed by atoms with E-state index in [1.54, 1.807) is 0 Å². The molecular formula is C24H18BrF7N4O. The molecule has 0 unspecified atom stereocenters. The molecule has 1 fully saturated rings. The number of carbonyl (C=O) groups excluding carboxylic acids is 1. The molecule has 3 aromatic rings. The lowest BCUT2D eigenvalue weighted by atomic mass is 9.90. The van der Waals surface area contributed by atoms with Crippen LogP contribution in [0.25, 0.3) is 0 Å². The number of alkyl halides is 5. The molecule has 0 spiro atoms. The number of hydrogen-bond acceptors (Lipinski definition) is 4. The van der Waals surface area contributed by atoms with E-state index in [1.165, 1.54) is 12.3 Å². The first-order valence-electron chi connectivity index (χ1n) is 11.2. The van der Waals surface area contributed by atoms with Crippen molar-refractivity contribution in [2.75, 3.05) is 5.73 Å². The van der Waals surface area contributed by atoms with Gasteiger partial charge in [0.2, 0.25) is 0 Å². The van der Waals surface area contributed by atoms with E-state index in [-0.39, 0.29) is 24.8 Å². The lowest BCUT2D eigenvalue weighted by Crippen LogP contribution is -2.24. The molecule has 2 N–H and O–H groups in total. The van der Waals surface area contributed by atoms with E-state index in [9.17, 15) is 35.5 Å². The third kappa shape index (κ3) is 4.73. The van der Waals surface area contributed by atoms with Crippen molar-refractivity contribution in [1.82, 2.24) is 14.8 Å². The van der Waals surface area contributed by atoms with Crippen molar-refractivity contribution in [2.24, 2.45) is 5.92 Å². The highest BCUT2D eigenvalue weighted by Crippen LogP contribution is 2.68. The van der Waals surface area contributed by atoms with Crippen LogP contribution in [0.15, 0.2) is 34.9 Å². The molecule has 1 aromatic carbocycles. The van der Waals surface area contributed by atoms with Crippen LogP contribution in [0.4, 0.5) is 36.4 Å². The second-order valence-electron chi connectivity index (χ2n) is 9.40. The molecular weight excluding hydrogens is 573 g/mol. The third-order valence-electron chi connectivity index (χ3n) is 6.68. The van der Waals surface area contributed by atoms with Crippen LogP contribution < -0.4 is 5.73 Å². The smallest absolute Gasteiger partial charge is 0.397 e. The fourth-order valence-electron chi connectivity index (χ4n) is 5.14. The fourth-order valence-corrected chi connectivity index (χ4v) is 5.83. The van der Waals surface area contributed by atoms with Gasteiger partial charge in [-0.15, -0.1) is 0 Å². The van der Waals surface area contributed by atoms with Gasteiger partial charge in [0.05, 0.1) is 17.6 Å². The summed E-state index contributed by atoms with van der Waals surface area (Å²) in [6.45, 7) is -0.825. The Morgan fingerprint density at radius 3 is 2.49 bits per heavy atom. The maximum Gasteiger partial charge on any atom is 0.435 e. The molecule has 1 saturated carbocycles. The Morgan fingerprint density at radius 1 is 1.19 bits per heavy atom. The highest BCUT2D eigenvalue weighted by atomic mass is 79.9. The van der Waals surface area contributed by atoms with Gasteiger partial charge in [0, 0.05) is 34.4 Å². The van der Waals surface area contributed by atoms with Crippen molar-refractivity contribution in [3.8, 4) is 0 Å². The third-order valence-corrected chi connectivity index (χ3v) is 7.32. The number of benzene rings is 1. The monoisotopic (exact) mass is 590 g/mol. The molecule has 37 heavy (non-hydrogen) atoms. The van der Waals surface area contributed by atoms with E-state index in [4.69, 9.17) is 5.73 Å². The van der Waals surface area contributed by atoms with E-state index in [1.807, 2.05) is 0 Å². The molecule has 0 amide bonds. The van der Waals surface area contributed by atoms with Crippen molar-refractivity contribution in [3.63, 3.8) is 0 Å². The van der Waals surface area contributed by atoms with Crippen LogP contribution in [-0.2, 0) is 29.9 Å². The summed E-state index contributed by atoms with van der Waals surface area (Å²) in [6, 6.07) is 4.35. The summed E-state index contributed by atoms with van der Waals surface area (Å²) in [6.07, 6.45) is -4.14. The number of rotatable bonds is 7. The number of nitrogens with two attached hydrogens (primary N) is 1. The van der Waals surface area contributed by atoms with Crippen molar-refractivity contribution in [3.05, 3.63) is 74.8 Å². The SMILES string of the molecule is Nc1cnc([C@@H](CC(=O)Cn2nc(C(F)(F)F)c3c2C(F)(F)[C@@H]2C[C@H]32)Cc2cc(F)cc(F)c2)c(Br)c1. The van der Waals surface area contributed by atoms with Crippen molar-refractivity contribution >= 4 is 27.4 Å². The summed E-state index contributed by atoms with van der Waals surface area (Å²) < 4.78 is 98.7. The topological polar surface area (TPSA) is 73.8 Å². The molecule has 0 aliphatic heterocycles. The Bertz CT molecular complexity index is 1380. The molecule has 2 aliphatic carbocycles. The number of fused-ring (bicyclic) bond motifs is 3. The Hall–Kier alpha value is -2.96. The van der Waals surface area contributed by atoms with Gasteiger partial charge >= 0.3 is 6.18 Å². The van der Waals surface area contributed by atoms with Gasteiger partial charge in [-0.2, -0.15) is 27.1 Å². The first kappa shape index (κ1) is 25.7. The largest absolute Gasteiger partial charge is 0.435 e. The van der Waals surface area contributed by atoms with Gasteiger partial charge in [-0.05, 0) is 58.5 Å². The van der Waals surface area contributed by atoms with Gasteiger partial charge in [0.25, 0.3) is 5.92 Å². The number of halogens is 8. The second kappa shape index (κ2) is 8.81. The number of nitrogen functional groups attached to an aromatic ring is 1. The predicted molar refractivity (Wildman–Crippen MR) is 121 cm³/mol. The van der Waals surface area contributed by atoms with Gasteiger partial charge < -0.3 is 5.73 Å². The summed E-state index contributed by atoms with van der Waals surface area (Å²) in [4.78, 5) is 17.3. The molecule has 2 aromatic heterocycles. The zero-order chi connectivity index (χ0) is 26.9. The van der Waals surface area contributed by atoms with Crippen LogP contribution in [0.2, 0.25) is 0 Å². The number of ketones is 1. The highest BCUT2D eigenvalue weighted by molar-refractivity contribution is 9.10. The summed E-state index contributed by atoms with van der Waals surface area (Å²) in [5, 5.41) is 3.38. The lowest BCUT2D eigenvalue weighted by Gasteiger charge is -2.19. The summed E-state index contributed by atoms with van der Waals surface area (Å²) in [5.41, 5.74) is 3.72. The maximum absolute atomic E-state index is 14.8. The molecule has 0 saturated heterocycles. The highest BCUT2D eigenvalue weighted by Gasteiger charge is 2.68. The van der Waals surface area contributed by atoms with Gasteiger partial charge in [-0.25, -0.2) is 8.78 Å². The van der Waals surface area contributed by atoms with Gasteiger partial charge in [0.1, 0.15) is 23.9 Å². The van der Waals surface area contributed by atoms with E-state index >= 15 is 0 Å². The summed E-state index contributed by atoms with van der Waals surface area (Å²) in [5.74, 6) is -8.87. The van der Waals surface area contributed by atoms with Gasteiger partial charge in [-0.1, -0.05) is 0 Å². The molecule has 13 heteroatoms. The van der Waals surface area contributed by atoms with Gasteiger partial charge in [0.15, 0.2) is 11.5 Å². The predicted octanol–water partition coefficient (Wildman–Crippen LogP) is 6.11. The quantitative estimate of drug-likeness (QED) is 0.337. The molecule has 2 aliphatic rings. The van der Waals surface area contributed by atoms with E-state index in [0.717, 1.165) is 12.1 Å². The minimum Gasteiger partial charge on any atom is -0.397 e. The van der Waals surface area contributed by atoms with Crippen molar-refractivity contribution < 1.29 is 35.5 Å². The normalized spacial score (nSPS) is 20.4. The Kier molecular flexibility index (Phi) is 6.12. The van der Waals surface area contributed by atoms with Crippen LogP contribution in [0.3, 0.4) is 0 Å². The van der Waals surface area contributed by atoms with Crippen LogP contribution in [0.1, 0.15) is 52.9 Å². The first-order valence-corrected chi connectivity index (χ1v) is 12.0. The Labute approximate surface area is 214 Å². The Balaban J connectivity index is 1.46. The van der Waals surface area contributed by atoms with Gasteiger partial charge in [-0.3, -0.25) is 14.5 Å². The number of anilines is 1. The molecule has 3 atom stereocenters. The standard InChI is InChI=1S/C24H18BrF7N4O/c25-18-6-14(33)8-34-20(18)11(1-10-2-12(26)5-13(27)3-10)4-15(37)9-36-22-19(21(35-36)24(30,31)32)16-7-17(16)23(22,28)29/h2-3,5-6,8,11,16-17H,1,4,7,9,33H2/t11-,16+,17-/m1/s1. The number of carbonyl (C=O) groups is 1. The number of nitrogens with zero attached hydrogens (tertiary/aromatic N) is 3. The minimum atomic E-state index is -4.95. The first-order chi connectivity index (χ1) is 17.3. The number of pyridine rings is 1. The number of Topliss-reactive ketones (excluding diaryl/α,β-unsaturated/α-hetero) is 1. The average Bonchev–Trinajstić information content (AvgIpc) is 3.41. The maximum atomic E-state index is 14.8. The van der Waals surface area contributed by atoms with E-state index < -0.39 is 70.8 Å². The van der Waals surface area contributed by atoms with E-state index in [2.05, 4.69) is 26.0 Å². The zero-order valence-electron chi connectivity index (χ0n) is 18.8. The van der Waals surface area contributed by atoms with Crippen LogP contribution in [-0.4, -0.2) is 20.5 Å². The van der Waals surface area contributed by atoms with Crippen LogP contribution >= 0.6 is 15.9 Å². The molecule has 0 bridgehead atoms. The fraction of sp³-hybridized carbons (Fsp3) is 0.375. The minimum absolute atomic E-state index is 0.0637. The average molecular weight is 591 g/mol. The summed E-state index contributed by atoms with van der Waals surface area (Å²) in [7, 11) is 0. The van der Waals surface area contributed by atoms with E-state index in [0.29, 0.717) is 26.6 Å². The molecule has 2 heterocycles. The molecule has 5 nitrogen and oxygen atoms in total. The Morgan fingerprint density at radius 2 is 1.86 bits per heavy atom. The molecule has 5 rings (SSSR count). The molecule has 0 radical (unpaired) electrons. The number of aromatic nitrogens is 3.